The van der Waals surface area contributed by atoms with Gasteiger partial charge >= 0.3 is 6.03 Å². The number of carbonyl (C=O) groups is 1. The zero-order chi connectivity index (χ0) is 15.4. The van der Waals surface area contributed by atoms with Crippen LogP contribution in [0.1, 0.15) is 24.1 Å². The molecule has 2 heterocycles. The fourth-order valence-electron chi connectivity index (χ4n) is 2.56. The molecule has 2 N–H and O–H groups in total. The first-order chi connectivity index (χ1) is 10.7. The van der Waals surface area contributed by atoms with Gasteiger partial charge in [-0.05, 0) is 18.4 Å². The molecule has 1 atom stereocenters. The highest BCUT2D eigenvalue weighted by atomic mass is 32.1. The smallest absolute Gasteiger partial charge is 0.323 e. The summed E-state index contributed by atoms with van der Waals surface area (Å²) >= 11 is 1.43. The van der Waals surface area contributed by atoms with Crippen molar-refractivity contribution in [1.29, 1.82) is 0 Å². The number of thiazole rings is 1. The number of anilines is 1. The molecular weight excluding hydrogens is 298 g/mol. The molecule has 5 nitrogen and oxygen atoms in total. The minimum absolute atomic E-state index is 0.181. The number of carbonyl (C=O) groups excluding carboxylic acids is 1. The van der Waals surface area contributed by atoms with Crippen molar-refractivity contribution in [2.24, 2.45) is 0 Å². The Morgan fingerprint density at radius 1 is 1.41 bits per heavy atom. The van der Waals surface area contributed by atoms with E-state index in [0.29, 0.717) is 18.2 Å². The van der Waals surface area contributed by atoms with Gasteiger partial charge in [0.15, 0.2) is 5.13 Å². The number of amides is 2. The van der Waals surface area contributed by atoms with E-state index in [4.69, 9.17) is 0 Å². The van der Waals surface area contributed by atoms with Crippen molar-refractivity contribution in [2.45, 2.75) is 25.4 Å². The van der Waals surface area contributed by atoms with Gasteiger partial charge in [0.2, 0.25) is 0 Å². The van der Waals surface area contributed by atoms with Crippen LogP contribution in [0.4, 0.5) is 9.93 Å². The van der Waals surface area contributed by atoms with Crippen molar-refractivity contribution in [3.63, 3.8) is 0 Å². The first-order valence-corrected chi connectivity index (χ1v) is 8.31. The summed E-state index contributed by atoms with van der Waals surface area (Å²) in [7, 11) is 0. The monoisotopic (exact) mass is 317 g/mol. The Morgan fingerprint density at radius 3 is 3.00 bits per heavy atom. The molecule has 2 amide bonds. The van der Waals surface area contributed by atoms with Crippen LogP contribution in [0.25, 0.3) is 0 Å². The Morgan fingerprint density at radius 2 is 2.23 bits per heavy atom. The van der Waals surface area contributed by atoms with Crippen LogP contribution in [0.2, 0.25) is 0 Å². The third kappa shape index (κ3) is 3.84. The van der Waals surface area contributed by atoms with Crippen LogP contribution in [0, 0.1) is 0 Å². The Bertz CT molecular complexity index is 629. The maximum absolute atomic E-state index is 12.2. The SMILES string of the molecule is O=C(Nc1nc(Cc2ccccc2)cs1)N1CCC[C@H](O)C1. The van der Waals surface area contributed by atoms with Gasteiger partial charge in [-0.15, -0.1) is 11.3 Å². The Labute approximate surface area is 133 Å². The average molecular weight is 317 g/mol. The van der Waals surface area contributed by atoms with Crippen LogP contribution in [0.5, 0.6) is 0 Å². The highest BCUT2D eigenvalue weighted by Crippen LogP contribution is 2.19. The van der Waals surface area contributed by atoms with Crippen molar-refractivity contribution >= 4 is 22.5 Å². The molecule has 1 aromatic carbocycles. The van der Waals surface area contributed by atoms with Gasteiger partial charge in [-0.2, -0.15) is 0 Å². The van der Waals surface area contributed by atoms with Crippen LogP contribution in [0.3, 0.4) is 0 Å². The zero-order valence-electron chi connectivity index (χ0n) is 12.2. The fourth-order valence-corrected chi connectivity index (χ4v) is 3.26. The summed E-state index contributed by atoms with van der Waals surface area (Å²) in [6, 6.07) is 9.94. The molecule has 0 saturated carbocycles. The highest BCUT2D eigenvalue weighted by molar-refractivity contribution is 7.13. The van der Waals surface area contributed by atoms with Crippen molar-refractivity contribution < 1.29 is 9.90 Å². The van der Waals surface area contributed by atoms with Gasteiger partial charge in [0, 0.05) is 24.9 Å². The second-order valence-corrected chi connectivity index (χ2v) is 6.34. The summed E-state index contributed by atoms with van der Waals surface area (Å²) in [4.78, 5) is 18.3. The number of nitrogens with zero attached hydrogens (tertiary/aromatic N) is 2. The second kappa shape index (κ2) is 6.89. The third-order valence-electron chi connectivity index (χ3n) is 3.68. The van der Waals surface area contributed by atoms with Crippen LogP contribution in [-0.4, -0.2) is 40.2 Å². The average Bonchev–Trinajstić information content (AvgIpc) is 2.95. The maximum Gasteiger partial charge on any atom is 0.323 e. The molecule has 0 bridgehead atoms. The summed E-state index contributed by atoms with van der Waals surface area (Å²) in [5.41, 5.74) is 2.15. The van der Waals surface area contributed by atoms with Gasteiger partial charge in [-0.1, -0.05) is 30.3 Å². The molecular formula is C16H19N3O2S. The number of aliphatic hydroxyl groups is 1. The molecule has 1 aliphatic rings. The number of hydrogen-bond acceptors (Lipinski definition) is 4. The van der Waals surface area contributed by atoms with Gasteiger partial charge in [-0.3, -0.25) is 5.32 Å². The third-order valence-corrected chi connectivity index (χ3v) is 4.48. The molecule has 6 heteroatoms. The number of likely N-dealkylation sites (tertiary alicyclic amines) is 1. The van der Waals surface area contributed by atoms with E-state index in [-0.39, 0.29) is 6.03 Å². The summed E-state index contributed by atoms with van der Waals surface area (Å²) in [6.45, 7) is 1.08. The van der Waals surface area contributed by atoms with Gasteiger partial charge in [0.25, 0.3) is 0 Å². The quantitative estimate of drug-likeness (QED) is 0.915. The number of rotatable bonds is 3. The van der Waals surface area contributed by atoms with E-state index in [9.17, 15) is 9.90 Å². The highest BCUT2D eigenvalue weighted by Gasteiger charge is 2.22. The minimum Gasteiger partial charge on any atom is -0.391 e. The van der Waals surface area contributed by atoms with Crippen molar-refractivity contribution in [1.82, 2.24) is 9.88 Å². The van der Waals surface area contributed by atoms with Crippen molar-refractivity contribution in [3.05, 3.63) is 47.0 Å². The molecule has 1 saturated heterocycles. The number of nitrogens with one attached hydrogen (secondary N) is 1. The predicted molar refractivity (Wildman–Crippen MR) is 87.2 cm³/mol. The molecule has 3 rings (SSSR count). The maximum atomic E-state index is 12.2. The van der Waals surface area contributed by atoms with Gasteiger partial charge < -0.3 is 10.0 Å². The Kier molecular flexibility index (Phi) is 4.70. The van der Waals surface area contributed by atoms with E-state index in [0.717, 1.165) is 25.0 Å². The number of benzene rings is 1. The lowest BCUT2D eigenvalue weighted by molar-refractivity contribution is 0.0883. The van der Waals surface area contributed by atoms with E-state index >= 15 is 0 Å². The van der Waals surface area contributed by atoms with Crippen molar-refractivity contribution in [2.75, 3.05) is 18.4 Å². The molecule has 1 aromatic heterocycles. The molecule has 116 valence electrons. The van der Waals surface area contributed by atoms with Crippen LogP contribution >= 0.6 is 11.3 Å². The zero-order valence-corrected chi connectivity index (χ0v) is 13.1. The predicted octanol–water partition coefficient (Wildman–Crippen LogP) is 2.72. The normalized spacial score (nSPS) is 18.2. The second-order valence-electron chi connectivity index (χ2n) is 5.48. The number of aliphatic hydroxyl groups excluding tert-OH is 1. The molecule has 0 spiro atoms. The van der Waals surface area contributed by atoms with E-state index in [1.807, 2.05) is 23.6 Å². The lowest BCUT2D eigenvalue weighted by atomic mass is 10.1. The Balaban J connectivity index is 1.58. The molecule has 22 heavy (non-hydrogen) atoms. The number of hydrogen-bond donors (Lipinski definition) is 2. The van der Waals surface area contributed by atoms with Crippen LogP contribution < -0.4 is 5.32 Å². The molecule has 0 aliphatic carbocycles. The minimum atomic E-state index is -0.413. The molecule has 0 unspecified atom stereocenters. The number of urea groups is 1. The van der Waals surface area contributed by atoms with Gasteiger partial charge in [0.05, 0.1) is 11.8 Å². The number of β-amino-alcohol motifs (C(OH)–C–C–N with tert-alkyl or cyclic N) is 1. The summed E-state index contributed by atoms with van der Waals surface area (Å²) in [5, 5.41) is 15.0. The van der Waals surface area contributed by atoms with Crippen molar-refractivity contribution in [3.8, 4) is 0 Å². The van der Waals surface area contributed by atoms with E-state index in [2.05, 4.69) is 22.4 Å². The molecule has 0 radical (unpaired) electrons. The molecule has 1 aliphatic heterocycles. The lowest BCUT2D eigenvalue weighted by Gasteiger charge is -2.29. The number of aromatic nitrogens is 1. The van der Waals surface area contributed by atoms with Gasteiger partial charge in [-0.25, -0.2) is 9.78 Å². The first-order valence-electron chi connectivity index (χ1n) is 7.43. The van der Waals surface area contributed by atoms with E-state index in [1.165, 1.54) is 16.9 Å². The largest absolute Gasteiger partial charge is 0.391 e. The standard InChI is InChI=1S/C16H19N3O2S/c20-14-7-4-8-19(10-14)16(21)18-15-17-13(11-22-15)9-12-5-2-1-3-6-12/h1-3,5-6,11,14,20H,4,7-10H2,(H,17,18,21)/t14-/m0/s1. The van der Waals surface area contributed by atoms with Crippen LogP contribution in [-0.2, 0) is 6.42 Å². The lowest BCUT2D eigenvalue weighted by Crippen LogP contribution is -2.44. The molecule has 1 fully saturated rings. The Hall–Kier alpha value is -1.92. The topological polar surface area (TPSA) is 65.5 Å². The first kappa shape index (κ1) is 15.0. The summed E-state index contributed by atoms with van der Waals surface area (Å²) in [5.74, 6) is 0. The fraction of sp³-hybridized carbons (Fsp3) is 0.375. The summed E-state index contributed by atoms with van der Waals surface area (Å²) in [6.07, 6.45) is 1.95. The van der Waals surface area contributed by atoms with E-state index in [1.54, 1.807) is 4.90 Å². The van der Waals surface area contributed by atoms with Crippen LogP contribution in [0.15, 0.2) is 35.7 Å². The number of piperidine rings is 1. The van der Waals surface area contributed by atoms with Gasteiger partial charge in [0.1, 0.15) is 0 Å². The van der Waals surface area contributed by atoms with E-state index < -0.39 is 6.10 Å². The summed E-state index contributed by atoms with van der Waals surface area (Å²) < 4.78 is 0. The molecule has 2 aromatic rings.